The minimum Gasteiger partial charge on any atom is -0.479 e. The molecule has 0 amide bonds. The quantitative estimate of drug-likeness (QED) is 0.728. The molecule has 3 nitrogen and oxygen atoms in total. The van der Waals surface area contributed by atoms with Crippen LogP contribution >= 0.6 is 0 Å². The van der Waals surface area contributed by atoms with Crippen LogP contribution < -0.4 is 4.74 Å². The van der Waals surface area contributed by atoms with Crippen molar-refractivity contribution in [3.05, 3.63) is 53.6 Å². The standard InChI is InChI=1S/C20H22O3/c1-13(2)7-10-19(20(21)22)23-16-8-9-18-15(12-16)11-14-5-3-4-6-17(14)18/h3-6,8-9,12-13,19H,7,10-11H2,1-2H3,(H,21,22). The van der Waals surface area contributed by atoms with Gasteiger partial charge in [-0.15, -0.1) is 0 Å². The topological polar surface area (TPSA) is 46.5 Å². The second-order valence-electron chi connectivity index (χ2n) is 6.57. The molecule has 0 saturated carbocycles. The SMILES string of the molecule is CC(C)CCC(Oc1ccc2c(c1)Cc1ccccc1-2)C(=O)O. The van der Waals surface area contributed by atoms with Crippen LogP contribution in [-0.4, -0.2) is 17.2 Å². The first-order valence-corrected chi connectivity index (χ1v) is 8.15. The highest BCUT2D eigenvalue weighted by atomic mass is 16.5. The molecule has 2 aromatic carbocycles. The zero-order chi connectivity index (χ0) is 16.4. The molecule has 23 heavy (non-hydrogen) atoms. The fourth-order valence-corrected chi connectivity index (χ4v) is 3.08. The van der Waals surface area contributed by atoms with E-state index in [0.717, 1.165) is 12.8 Å². The maximum atomic E-state index is 11.4. The molecule has 0 aromatic heterocycles. The first kappa shape index (κ1) is 15.6. The summed E-state index contributed by atoms with van der Waals surface area (Å²) in [6.07, 6.45) is 1.48. The van der Waals surface area contributed by atoms with Crippen LogP contribution in [0.5, 0.6) is 5.75 Å². The number of carboxylic acids is 1. The second kappa shape index (κ2) is 6.45. The van der Waals surface area contributed by atoms with E-state index in [0.29, 0.717) is 18.1 Å². The summed E-state index contributed by atoms with van der Waals surface area (Å²) < 4.78 is 5.75. The average molecular weight is 310 g/mol. The summed E-state index contributed by atoms with van der Waals surface area (Å²) in [4.78, 5) is 11.4. The third-order valence-corrected chi connectivity index (χ3v) is 4.33. The van der Waals surface area contributed by atoms with Crippen LogP contribution in [-0.2, 0) is 11.2 Å². The van der Waals surface area contributed by atoms with Crippen LogP contribution in [0.3, 0.4) is 0 Å². The number of fused-ring (bicyclic) bond motifs is 3. The van der Waals surface area contributed by atoms with Gasteiger partial charge >= 0.3 is 5.97 Å². The van der Waals surface area contributed by atoms with Crippen molar-refractivity contribution in [1.29, 1.82) is 0 Å². The normalized spacial score (nSPS) is 13.5. The molecule has 0 radical (unpaired) electrons. The van der Waals surface area contributed by atoms with Crippen molar-refractivity contribution in [2.75, 3.05) is 0 Å². The average Bonchev–Trinajstić information content (AvgIpc) is 2.88. The van der Waals surface area contributed by atoms with Crippen LogP contribution in [0.2, 0.25) is 0 Å². The van der Waals surface area contributed by atoms with Crippen LogP contribution in [0, 0.1) is 5.92 Å². The molecule has 0 bridgehead atoms. The summed E-state index contributed by atoms with van der Waals surface area (Å²) >= 11 is 0. The lowest BCUT2D eigenvalue weighted by molar-refractivity contribution is -0.145. The van der Waals surface area contributed by atoms with Crippen molar-refractivity contribution < 1.29 is 14.6 Å². The fourth-order valence-electron chi connectivity index (χ4n) is 3.08. The van der Waals surface area contributed by atoms with Crippen molar-refractivity contribution in [3.8, 4) is 16.9 Å². The van der Waals surface area contributed by atoms with Gasteiger partial charge in [0.1, 0.15) is 5.75 Å². The van der Waals surface area contributed by atoms with E-state index >= 15 is 0 Å². The Bertz CT molecular complexity index is 719. The molecule has 0 fully saturated rings. The third-order valence-electron chi connectivity index (χ3n) is 4.33. The van der Waals surface area contributed by atoms with Gasteiger partial charge in [-0.05, 0) is 59.6 Å². The van der Waals surface area contributed by atoms with E-state index in [9.17, 15) is 9.90 Å². The number of hydrogen-bond acceptors (Lipinski definition) is 2. The Balaban J connectivity index is 1.77. The number of rotatable bonds is 6. The Morgan fingerprint density at radius 2 is 1.83 bits per heavy atom. The van der Waals surface area contributed by atoms with Gasteiger partial charge in [0.05, 0.1) is 0 Å². The summed E-state index contributed by atoms with van der Waals surface area (Å²) in [7, 11) is 0. The van der Waals surface area contributed by atoms with Crippen molar-refractivity contribution in [2.45, 2.75) is 39.2 Å². The second-order valence-corrected chi connectivity index (χ2v) is 6.57. The van der Waals surface area contributed by atoms with Gasteiger partial charge < -0.3 is 9.84 Å². The number of carbonyl (C=O) groups is 1. The number of aliphatic carboxylic acids is 1. The van der Waals surface area contributed by atoms with Gasteiger partial charge in [-0.3, -0.25) is 0 Å². The van der Waals surface area contributed by atoms with E-state index in [1.54, 1.807) is 0 Å². The van der Waals surface area contributed by atoms with E-state index in [1.165, 1.54) is 22.3 Å². The summed E-state index contributed by atoms with van der Waals surface area (Å²) in [5, 5.41) is 9.36. The number of benzene rings is 2. The van der Waals surface area contributed by atoms with Crippen molar-refractivity contribution >= 4 is 5.97 Å². The maximum absolute atomic E-state index is 11.4. The van der Waals surface area contributed by atoms with Gasteiger partial charge in [0.25, 0.3) is 0 Å². The highest BCUT2D eigenvalue weighted by molar-refractivity contribution is 5.77. The van der Waals surface area contributed by atoms with Gasteiger partial charge in [0.2, 0.25) is 0 Å². The van der Waals surface area contributed by atoms with Crippen molar-refractivity contribution in [3.63, 3.8) is 0 Å². The first-order chi connectivity index (χ1) is 11.0. The van der Waals surface area contributed by atoms with Gasteiger partial charge in [-0.25, -0.2) is 4.79 Å². The Labute approximate surface area is 136 Å². The van der Waals surface area contributed by atoms with Crippen LogP contribution in [0.15, 0.2) is 42.5 Å². The molecule has 1 aliphatic carbocycles. The third kappa shape index (κ3) is 3.39. The highest BCUT2D eigenvalue weighted by Crippen LogP contribution is 2.38. The molecule has 3 rings (SSSR count). The summed E-state index contributed by atoms with van der Waals surface area (Å²) in [5.74, 6) is 0.220. The minimum atomic E-state index is -0.894. The molecule has 1 aliphatic rings. The molecule has 3 heteroatoms. The van der Waals surface area contributed by atoms with E-state index in [1.807, 2.05) is 24.3 Å². The molecule has 0 aliphatic heterocycles. The van der Waals surface area contributed by atoms with Crippen molar-refractivity contribution in [1.82, 2.24) is 0 Å². The molecule has 1 N–H and O–H groups in total. The lowest BCUT2D eigenvalue weighted by Crippen LogP contribution is -2.27. The van der Waals surface area contributed by atoms with E-state index in [4.69, 9.17) is 4.74 Å². The van der Waals surface area contributed by atoms with E-state index < -0.39 is 12.1 Å². The number of carboxylic acid groups (broad SMARTS) is 1. The molecule has 1 unspecified atom stereocenters. The highest BCUT2D eigenvalue weighted by Gasteiger charge is 2.22. The lowest BCUT2D eigenvalue weighted by atomic mass is 10.0. The van der Waals surface area contributed by atoms with Crippen LogP contribution in [0.1, 0.15) is 37.8 Å². The monoisotopic (exact) mass is 310 g/mol. The molecule has 0 heterocycles. The zero-order valence-corrected chi connectivity index (χ0v) is 13.6. The van der Waals surface area contributed by atoms with Crippen LogP contribution in [0.25, 0.3) is 11.1 Å². The lowest BCUT2D eigenvalue weighted by Gasteiger charge is -2.17. The van der Waals surface area contributed by atoms with Gasteiger partial charge in [-0.1, -0.05) is 44.2 Å². The molecule has 0 saturated heterocycles. The van der Waals surface area contributed by atoms with Crippen LogP contribution in [0.4, 0.5) is 0 Å². The largest absolute Gasteiger partial charge is 0.479 e. The van der Waals surface area contributed by atoms with Gasteiger partial charge in [0.15, 0.2) is 6.10 Å². The van der Waals surface area contributed by atoms with E-state index in [2.05, 4.69) is 32.0 Å². The van der Waals surface area contributed by atoms with Crippen molar-refractivity contribution in [2.24, 2.45) is 5.92 Å². The van der Waals surface area contributed by atoms with Gasteiger partial charge in [-0.2, -0.15) is 0 Å². The number of ether oxygens (including phenoxy) is 1. The molecular formula is C20H22O3. The summed E-state index contributed by atoms with van der Waals surface area (Å²) in [6.45, 7) is 4.18. The summed E-state index contributed by atoms with van der Waals surface area (Å²) in [5.41, 5.74) is 5.01. The summed E-state index contributed by atoms with van der Waals surface area (Å²) in [6, 6.07) is 14.3. The molecule has 0 spiro atoms. The minimum absolute atomic E-state index is 0.468. The maximum Gasteiger partial charge on any atom is 0.344 e. The zero-order valence-electron chi connectivity index (χ0n) is 13.6. The predicted molar refractivity (Wildman–Crippen MR) is 90.8 cm³/mol. The first-order valence-electron chi connectivity index (χ1n) is 8.15. The Morgan fingerprint density at radius 1 is 1.09 bits per heavy atom. The Kier molecular flexibility index (Phi) is 4.37. The van der Waals surface area contributed by atoms with E-state index in [-0.39, 0.29) is 0 Å². The Morgan fingerprint density at radius 3 is 2.57 bits per heavy atom. The smallest absolute Gasteiger partial charge is 0.344 e. The van der Waals surface area contributed by atoms with Gasteiger partial charge in [0, 0.05) is 0 Å². The number of hydrogen-bond donors (Lipinski definition) is 1. The molecular weight excluding hydrogens is 288 g/mol. The molecule has 2 aromatic rings. The molecule has 1 atom stereocenters. The molecule has 120 valence electrons. The predicted octanol–water partition coefficient (Wildman–Crippen LogP) is 4.53. The fraction of sp³-hybridized carbons (Fsp3) is 0.350. The Hall–Kier alpha value is -2.29.